The van der Waals surface area contributed by atoms with Gasteiger partial charge in [0.15, 0.2) is 0 Å². The van der Waals surface area contributed by atoms with Gasteiger partial charge in [-0.2, -0.15) is 0 Å². The molecule has 0 saturated heterocycles. The van der Waals surface area contributed by atoms with E-state index in [-0.39, 0.29) is 17.8 Å². The molecule has 2 aromatic carbocycles. The number of carbonyl (C=O) groups excluding carboxylic acids is 2. The molecule has 0 radical (unpaired) electrons. The van der Waals surface area contributed by atoms with Gasteiger partial charge in [-0.1, -0.05) is 24.3 Å². The SMILES string of the molecule is Cc1ccc(CN2C(=O)C(=O)c3cccc(F)c32)cc1C. The summed E-state index contributed by atoms with van der Waals surface area (Å²) in [6.45, 7) is 4.17. The van der Waals surface area contributed by atoms with Gasteiger partial charge in [0.05, 0.1) is 17.8 Å². The fourth-order valence-electron chi connectivity index (χ4n) is 2.55. The number of hydrogen-bond acceptors (Lipinski definition) is 2. The molecule has 0 unspecified atom stereocenters. The number of aryl methyl sites for hydroxylation is 2. The van der Waals surface area contributed by atoms with E-state index in [2.05, 4.69) is 0 Å². The van der Waals surface area contributed by atoms with Gasteiger partial charge < -0.3 is 0 Å². The van der Waals surface area contributed by atoms with Gasteiger partial charge in [0.1, 0.15) is 5.82 Å². The van der Waals surface area contributed by atoms with E-state index in [4.69, 9.17) is 0 Å². The number of anilines is 1. The molecule has 3 nitrogen and oxygen atoms in total. The van der Waals surface area contributed by atoms with Gasteiger partial charge in [0, 0.05) is 0 Å². The number of benzene rings is 2. The third kappa shape index (κ3) is 2.13. The van der Waals surface area contributed by atoms with Crippen LogP contribution in [0.1, 0.15) is 27.0 Å². The topological polar surface area (TPSA) is 37.4 Å². The molecule has 0 aliphatic carbocycles. The van der Waals surface area contributed by atoms with E-state index in [1.807, 2.05) is 32.0 Å². The van der Waals surface area contributed by atoms with Gasteiger partial charge >= 0.3 is 0 Å². The van der Waals surface area contributed by atoms with Crippen molar-refractivity contribution in [3.05, 3.63) is 64.5 Å². The molecule has 1 heterocycles. The van der Waals surface area contributed by atoms with E-state index in [0.29, 0.717) is 0 Å². The highest BCUT2D eigenvalue weighted by atomic mass is 19.1. The van der Waals surface area contributed by atoms with E-state index in [0.717, 1.165) is 16.7 Å². The monoisotopic (exact) mass is 283 g/mol. The highest BCUT2D eigenvalue weighted by molar-refractivity contribution is 6.52. The zero-order chi connectivity index (χ0) is 15.1. The average Bonchev–Trinajstić information content (AvgIpc) is 2.69. The highest BCUT2D eigenvalue weighted by Crippen LogP contribution is 2.32. The summed E-state index contributed by atoms with van der Waals surface area (Å²) in [4.78, 5) is 25.2. The number of Topliss-reactive ketones (excluding diaryl/α,β-unsaturated/α-hetero) is 1. The maximum Gasteiger partial charge on any atom is 0.299 e. The minimum Gasteiger partial charge on any atom is -0.298 e. The summed E-state index contributed by atoms with van der Waals surface area (Å²) in [6.07, 6.45) is 0. The molecule has 0 aromatic heterocycles. The Hall–Kier alpha value is -2.49. The zero-order valence-electron chi connectivity index (χ0n) is 11.8. The lowest BCUT2D eigenvalue weighted by atomic mass is 10.1. The van der Waals surface area contributed by atoms with Crippen molar-refractivity contribution >= 4 is 17.4 Å². The van der Waals surface area contributed by atoms with Crippen LogP contribution >= 0.6 is 0 Å². The van der Waals surface area contributed by atoms with Crippen LogP contribution in [0.3, 0.4) is 0 Å². The van der Waals surface area contributed by atoms with Crippen LogP contribution in [0.5, 0.6) is 0 Å². The van der Waals surface area contributed by atoms with Crippen molar-refractivity contribution in [3.8, 4) is 0 Å². The van der Waals surface area contributed by atoms with Crippen molar-refractivity contribution in [2.45, 2.75) is 20.4 Å². The lowest BCUT2D eigenvalue weighted by Gasteiger charge is -2.17. The van der Waals surface area contributed by atoms with E-state index in [9.17, 15) is 14.0 Å². The summed E-state index contributed by atoms with van der Waals surface area (Å²) in [7, 11) is 0. The first-order valence-electron chi connectivity index (χ1n) is 6.70. The smallest absolute Gasteiger partial charge is 0.298 e. The van der Waals surface area contributed by atoms with E-state index in [1.54, 1.807) is 0 Å². The number of hydrogen-bond donors (Lipinski definition) is 0. The molecule has 4 heteroatoms. The van der Waals surface area contributed by atoms with Gasteiger partial charge in [-0.15, -0.1) is 0 Å². The second-order valence-electron chi connectivity index (χ2n) is 5.28. The second-order valence-corrected chi connectivity index (χ2v) is 5.28. The largest absolute Gasteiger partial charge is 0.299 e. The Balaban J connectivity index is 2.02. The van der Waals surface area contributed by atoms with Gasteiger partial charge in [-0.05, 0) is 42.7 Å². The second kappa shape index (κ2) is 4.81. The van der Waals surface area contributed by atoms with Gasteiger partial charge in [0.2, 0.25) is 0 Å². The quantitative estimate of drug-likeness (QED) is 0.794. The van der Waals surface area contributed by atoms with Crippen molar-refractivity contribution in [2.24, 2.45) is 0 Å². The maximum atomic E-state index is 14.0. The first-order chi connectivity index (χ1) is 9.99. The van der Waals surface area contributed by atoms with Gasteiger partial charge in [0.25, 0.3) is 11.7 Å². The minimum absolute atomic E-state index is 0.0886. The molecule has 1 aliphatic rings. The van der Waals surface area contributed by atoms with Crippen molar-refractivity contribution in [1.82, 2.24) is 0 Å². The van der Waals surface area contributed by atoms with Crippen LogP contribution in [-0.2, 0) is 11.3 Å². The fraction of sp³-hybridized carbons (Fsp3) is 0.176. The van der Waals surface area contributed by atoms with Crippen molar-refractivity contribution in [2.75, 3.05) is 4.90 Å². The number of halogens is 1. The first-order valence-corrected chi connectivity index (χ1v) is 6.70. The van der Waals surface area contributed by atoms with Crippen LogP contribution in [0, 0.1) is 19.7 Å². The van der Waals surface area contributed by atoms with Crippen LogP contribution in [0.15, 0.2) is 36.4 Å². The van der Waals surface area contributed by atoms with Gasteiger partial charge in [-0.3, -0.25) is 14.5 Å². The molecule has 1 amide bonds. The molecule has 21 heavy (non-hydrogen) atoms. The van der Waals surface area contributed by atoms with Crippen LogP contribution in [0.25, 0.3) is 0 Å². The Bertz CT molecular complexity index is 767. The van der Waals surface area contributed by atoms with E-state index >= 15 is 0 Å². The van der Waals surface area contributed by atoms with Gasteiger partial charge in [-0.25, -0.2) is 4.39 Å². The number of carbonyl (C=O) groups is 2. The number of para-hydroxylation sites is 1. The molecule has 0 spiro atoms. The molecule has 1 aliphatic heterocycles. The minimum atomic E-state index is -0.673. The Morgan fingerprint density at radius 1 is 1.05 bits per heavy atom. The highest BCUT2D eigenvalue weighted by Gasteiger charge is 2.37. The molecule has 0 bridgehead atoms. The van der Waals surface area contributed by atoms with E-state index in [1.165, 1.54) is 23.1 Å². The molecular formula is C17H14FNO2. The number of nitrogens with zero attached hydrogens (tertiary/aromatic N) is 1. The summed E-state index contributed by atoms with van der Waals surface area (Å²) >= 11 is 0. The number of amides is 1. The zero-order valence-corrected chi connectivity index (χ0v) is 11.8. The molecule has 0 atom stereocenters. The van der Waals surface area contributed by atoms with Crippen molar-refractivity contribution in [1.29, 1.82) is 0 Å². The summed E-state index contributed by atoms with van der Waals surface area (Å²) < 4.78 is 14.0. The average molecular weight is 283 g/mol. The Labute approximate surface area is 122 Å². The first kappa shape index (κ1) is 13.5. The number of rotatable bonds is 2. The van der Waals surface area contributed by atoms with E-state index < -0.39 is 17.5 Å². The van der Waals surface area contributed by atoms with Crippen LogP contribution in [0.2, 0.25) is 0 Å². The molecule has 2 aromatic rings. The molecule has 0 saturated carbocycles. The normalized spacial score (nSPS) is 13.8. The molecule has 3 rings (SSSR count). The fourth-order valence-corrected chi connectivity index (χ4v) is 2.55. The third-order valence-corrected chi connectivity index (χ3v) is 3.85. The van der Waals surface area contributed by atoms with Crippen molar-refractivity contribution < 1.29 is 14.0 Å². The molecule has 106 valence electrons. The summed E-state index contributed by atoms with van der Waals surface area (Å²) in [5, 5.41) is 0. The number of fused-ring (bicyclic) bond motifs is 1. The standard InChI is InChI=1S/C17H14FNO2/c1-10-6-7-12(8-11(10)2)9-19-15-13(16(20)17(19)21)4-3-5-14(15)18/h3-8H,9H2,1-2H3. The predicted molar refractivity (Wildman–Crippen MR) is 77.8 cm³/mol. The Morgan fingerprint density at radius 2 is 1.81 bits per heavy atom. The number of ketones is 1. The lowest BCUT2D eigenvalue weighted by molar-refractivity contribution is -0.114. The molecule has 0 N–H and O–H groups in total. The lowest BCUT2D eigenvalue weighted by Crippen LogP contribution is -2.29. The Kier molecular flexibility index (Phi) is 3.09. The van der Waals surface area contributed by atoms with Crippen LogP contribution in [0.4, 0.5) is 10.1 Å². The van der Waals surface area contributed by atoms with Crippen LogP contribution < -0.4 is 4.90 Å². The summed E-state index contributed by atoms with van der Waals surface area (Å²) in [6, 6.07) is 9.98. The van der Waals surface area contributed by atoms with Crippen molar-refractivity contribution in [3.63, 3.8) is 0 Å². The molecule has 0 fully saturated rings. The van der Waals surface area contributed by atoms with Crippen LogP contribution in [-0.4, -0.2) is 11.7 Å². The molecular weight excluding hydrogens is 269 g/mol. The summed E-state index contributed by atoms with van der Waals surface area (Å²) in [5.74, 6) is -1.86. The summed E-state index contributed by atoms with van der Waals surface area (Å²) in [5.41, 5.74) is 3.35. The predicted octanol–water partition coefficient (Wildman–Crippen LogP) is 3.17. The maximum absolute atomic E-state index is 14.0. The third-order valence-electron chi connectivity index (χ3n) is 3.85. The Morgan fingerprint density at radius 3 is 2.52 bits per heavy atom.